The molecule has 1 heterocycles. The summed E-state index contributed by atoms with van der Waals surface area (Å²) in [4.78, 5) is 0. The van der Waals surface area contributed by atoms with Crippen LogP contribution in [-0.2, 0) is 6.42 Å². The van der Waals surface area contributed by atoms with Crippen LogP contribution in [0.15, 0.2) is 47.3 Å². The van der Waals surface area contributed by atoms with Gasteiger partial charge in [0.25, 0.3) is 0 Å². The molecule has 0 saturated carbocycles. The van der Waals surface area contributed by atoms with E-state index >= 15 is 0 Å². The van der Waals surface area contributed by atoms with E-state index < -0.39 is 0 Å². The third-order valence-electron chi connectivity index (χ3n) is 2.83. The lowest BCUT2D eigenvalue weighted by Gasteiger charge is -2.16. The van der Waals surface area contributed by atoms with Crippen LogP contribution in [0.4, 0.5) is 0 Å². The van der Waals surface area contributed by atoms with E-state index in [2.05, 4.69) is 11.4 Å². The monoisotopic (exact) mass is 249 g/mol. The van der Waals surface area contributed by atoms with Gasteiger partial charge in [-0.15, -0.1) is 0 Å². The second kappa shape index (κ2) is 5.89. The first-order valence-corrected chi connectivity index (χ1v) is 6.08. The largest absolute Gasteiger partial charge is 0.472 e. The number of furan rings is 1. The van der Waals surface area contributed by atoms with Crippen molar-refractivity contribution < 1.29 is 4.42 Å². The zero-order chi connectivity index (χ0) is 12.1. The summed E-state index contributed by atoms with van der Waals surface area (Å²) in [5.41, 5.74) is 2.47. The summed E-state index contributed by atoms with van der Waals surface area (Å²) in [6.45, 7) is 0.922. The van der Waals surface area contributed by atoms with E-state index in [-0.39, 0.29) is 0 Å². The Morgan fingerprint density at radius 2 is 2.24 bits per heavy atom. The van der Waals surface area contributed by atoms with Crippen LogP contribution in [0.5, 0.6) is 0 Å². The summed E-state index contributed by atoms with van der Waals surface area (Å²) >= 11 is 6.03. The van der Waals surface area contributed by atoms with Crippen molar-refractivity contribution in [3.05, 3.63) is 59.0 Å². The van der Waals surface area contributed by atoms with Crippen LogP contribution < -0.4 is 5.32 Å². The molecule has 0 aliphatic rings. The first-order valence-electron chi connectivity index (χ1n) is 5.70. The van der Waals surface area contributed by atoms with Crippen molar-refractivity contribution >= 4 is 11.6 Å². The molecule has 0 amide bonds. The zero-order valence-electron chi connectivity index (χ0n) is 9.82. The molecule has 0 spiro atoms. The first kappa shape index (κ1) is 12.2. The molecule has 0 aliphatic heterocycles. The Kier molecular flexibility index (Phi) is 4.24. The molecule has 90 valence electrons. The highest BCUT2D eigenvalue weighted by molar-refractivity contribution is 6.30. The molecule has 17 heavy (non-hydrogen) atoms. The molecular formula is C14H16ClNO. The van der Waals surface area contributed by atoms with E-state index in [4.69, 9.17) is 16.0 Å². The Labute approximate surface area is 107 Å². The van der Waals surface area contributed by atoms with Crippen molar-refractivity contribution in [2.75, 3.05) is 13.6 Å². The topological polar surface area (TPSA) is 25.2 Å². The van der Waals surface area contributed by atoms with Crippen LogP contribution in [-0.4, -0.2) is 13.6 Å². The van der Waals surface area contributed by atoms with Gasteiger partial charge in [-0.2, -0.15) is 0 Å². The maximum absolute atomic E-state index is 6.03. The predicted molar refractivity (Wildman–Crippen MR) is 70.5 cm³/mol. The number of benzene rings is 1. The molecule has 3 heteroatoms. The second-order valence-corrected chi connectivity index (χ2v) is 4.58. The van der Waals surface area contributed by atoms with Gasteiger partial charge >= 0.3 is 0 Å². The van der Waals surface area contributed by atoms with E-state index in [0.29, 0.717) is 5.92 Å². The summed E-state index contributed by atoms with van der Waals surface area (Å²) in [6, 6.07) is 10.1. The SMILES string of the molecule is CNCC(Cc1ccoc1)c1cccc(Cl)c1. The fourth-order valence-corrected chi connectivity index (χ4v) is 2.21. The average Bonchev–Trinajstić information content (AvgIpc) is 2.81. The summed E-state index contributed by atoms with van der Waals surface area (Å²) in [5.74, 6) is 0.413. The minimum absolute atomic E-state index is 0.413. The Bertz CT molecular complexity index is 453. The fraction of sp³-hybridized carbons (Fsp3) is 0.286. The van der Waals surface area contributed by atoms with E-state index in [9.17, 15) is 0 Å². The molecule has 2 nitrogen and oxygen atoms in total. The highest BCUT2D eigenvalue weighted by Gasteiger charge is 2.12. The number of rotatable bonds is 5. The van der Waals surface area contributed by atoms with Crippen molar-refractivity contribution in [3.63, 3.8) is 0 Å². The van der Waals surface area contributed by atoms with E-state index in [1.165, 1.54) is 11.1 Å². The van der Waals surface area contributed by atoms with Gasteiger partial charge in [0.1, 0.15) is 0 Å². The molecule has 1 atom stereocenters. The Hall–Kier alpha value is -1.25. The molecule has 0 saturated heterocycles. The van der Waals surface area contributed by atoms with Crippen LogP contribution in [0.2, 0.25) is 5.02 Å². The van der Waals surface area contributed by atoms with Gasteiger partial charge in [-0.1, -0.05) is 23.7 Å². The summed E-state index contributed by atoms with van der Waals surface area (Å²) in [7, 11) is 1.97. The molecule has 0 bridgehead atoms. The molecule has 0 fully saturated rings. The van der Waals surface area contributed by atoms with Crippen molar-refractivity contribution in [2.24, 2.45) is 0 Å². The molecular weight excluding hydrogens is 234 g/mol. The molecule has 0 radical (unpaired) electrons. The molecule has 1 N–H and O–H groups in total. The van der Waals surface area contributed by atoms with Crippen molar-refractivity contribution in [3.8, 4) is 0 Å². The van der Waals surface area contributed by atoms with E-state index in [1.807, 2.05) is 31.3 Å². The lowest BCUT2D eigenvalue weighted by atomic mass is 9.93. The quantitative estimate of drug-likeness (QED) is 0.878. The van der Waals surface area contributed by atoms with Crippen LogP contribution in [0.1, 0.15) is 17.0 Å². The van der Waals surface area contributed by atoms with Gasteiger partial charge in [0.15, 0.2) is 0 Å². The van der Waals surface area contributed by atoms with E-state index in [0.717, 1.165) is 18.0 Å². The minimum atomic E-state index is 0.413. The van der Waals surface area contributed by atoms with Crippen LogP contribution in [0, 0.1) is 0 Å². The van der Waals surface area contributed by atoms with Crippen LogP contribution >= 0.6 is 11.6 Å². The fourth-order valence-electron chi connectivity index (χ4n) is 2.01. The summed E-state index contributed by atoms with van der Waals surface area (Å²) in [6.07, 6.45) is 4.47. The van der Waals surface area contributed by atoms with Gasteiger partial charge in [0.2, 0.25) is 0 Å². The average molecular weight is 250 g/mol. The number of halogens is 1. The Balaban J connectivity index is 2.16. The number of hydrogen-bond acceptors (Lipinski definition) is 2. The molecule has 2 rings (SSSR count). The molecule has 1 aromatic heterocycles. The first-order chi connectivity index (χ1) is 8.29. The lowest BCUT2D eigenvalue weighted by Crippen LogP contribution is -2.19. The van der Waals surface area contributed by atoms with Gasteiger partial charge < -0.3 is 9.73 Å². The van der Waals surface area contributed by atoms with Crippen LogP contribution in [0.3, 0.4) is 0 Å². The third-order valence-corrected chi connectivity index (χ3v) is 3.07. The molecule has 1 aromatic carbocycles. The van der Waals surface area contributed by atoms with Gasteiger partial charge in [-0.05, 0) is 42.8 Å². The Morgan fingerprint density at radius 1 is 1.35 bits per heavy atom. The number of nitrogens with one attached hydrogen (secondary N) is 1. The zero-order valence-corrected chi connectivity index (χ0v) is 10.6. The van der Waals surface area contributed by atoms with E-state index in [1.54, 1.807) is 12.5 Å². The van der Waals surface area contributed by atoms with Gasteiger partial charge in [0, 0.05) is 17.5 Å². The Morgan fingerprint density at radius 3 is 2.88 bits per heavy atom. The number of hydrogen-bond donors (Lipinski definition) is 1. The maximum Gasteiger partial charge on any atom is 0.0934 e. The second-order valence-electron chi connectivity index (χ2n) is 4.15. The van der Waals surface area contributed by atoms with Gasteiger partial charge in [-0.25, -0.2) is 0 Å². The molecule has 2 aromatic rings. The molecule has 0 aliphatic carbocycles. The maximum atomic E-state index is 6.03. The predicted octanol–water partition coefficient (Wildman–Crippen LogP) is 3.48. The van der Waals surface area contributed by atoms with Gasteiger partial charge in [0.05, 0.1) is 12.5 Å². The summed E-state index contributed by atoms with van der Waals surface area (Å²) < 4.78 is 5.11. The van der Waals surface area contributed by atoms with Crippen molar-refractivity contribution in [2.45, 2.75) is 12.3 Å². The van der Waals surface area contributed by atoms with Gasteiger partial charge in [-0.3, -0.25) is 0 Å². The normalized spacial score (nSPS) is 12.6. The minimum Gasteiger partial charge on any atom is -0.472 e. The molecule has 1 unspecified atom stereocenters. The van der Waals surface area contributed by atoms with Crippen molar-refractivity contribution in [1.82, 2.24) is 5.32 Å². The van der Waals surface area contributed by atoms with Crippen molar-refractivity contribution in [1.29, 1.82) is 0 Å². The highest BCUT2D eigenvalue weighted by Crippen LogP contribution is 2.23. The lowest BCUT2D eigenvalue weighted by molar-refractivity contribution is 0.558. The third kappa shape index (κ3) is 3.35. The number of likely N-dealkylation sites (N-methyl/N-ethyl adjacent to an activating group) is 1. The van der Waals surface area contributed by atoms with Crippen LogP contribution in [0.25, 0.3) is 0 Å². The highest BCUT2D eigenvalue weighted by atomic mass is 35.5. The smallest absolute Gasteiger partial charge is 0.0934 e. The summed E-state index contributed by atoms with van der Waals surface area (Å²) in [5, 5.41) is 4.01. The standard InChI is InChI=1S/C14H16ClNO/c1-16-9-13(7-11-5-6-17-10-11)12-3-2-4-14(15)8-12/h2-6,8,10,13,16H,7,9H2,1H3.